The Labute approximate surface area is 212 Å². The largest absolute Gasteiger partial charge is 0.493 e. The molecule has 37 heavy (non-hydrogen) atoms. The van der Waals surface area contributed by atoms with E-state index in [1.54, 1.807) is 29.0 Å². The zero-order valence-electron chi connectivity index (χ0n) is 20.5. The van der Waals surface area contributed by atoms with Crippen LogP contribution in [0.15, 0.2) is 47.5 Å². The number of carboxylic acid groups (broad SMARTS) is 1. The lowest BCUT2D eigenvalue weighted by atomic mass is 10.0. The number of hydrogen-bond donors (Lipinski definition) is 3. The zero-order chi connectivity index (χ0) is 26.7. The van der Waals surface area contributed by atoms with E-state index in [9.17, 15) is 14.7 Å². The number of carboxylic acids is 1. The summed E-state index contributed by atoms with van der Waals surface area (Å²) in [4.78, 5) is 32.4. The van der Waals surface area contributed by atoms with Crippen LogP contribution in [0.3, 0.4) is 0 Å². The van der Waals surface area contributed by atoms with E-state index in [1.807, 2.05) is 19.1 Å². The molecule has 0 aliphatic carbocycles. The standard InChI is InChI=1S/C27H25N5O5/c1-4-32-14-20(26(34)35)23(33)19-11-15(6-8-21(19)32)5-7-17-9-16(12-22(36-2)24(17)37-3)10-18-13-30-27(29)31-25(18)28/h6,8-9,11-14H,4,10H2,1-3H3,(H,34,35)(H4,28,29,30,31). The molecule has 5 N–H and O–H groups in total. The van der Waals surface area contributed by atoms with Crippen LogP contribution in [-0.2, 0) is 13.0 Å². The number of methoxy groups -OCH3 is 2. The lowest BCUT2D eigenvalue weighted by Crippen LogP contribution is -2.18. The van der Waals surface area contributed by atoms with Crippen molar-refractivity contribution in [3.8, 4) is 23.3 Å². The van der Waals surface area contributed by atoms with Crippen molar-refractivity contribution in [2.24, 2.45) is 0 Å². The topological polar surface area (TPSA) is 156 Å². The van der Waals surface area contributed by atoms with E-state index in [2.05, 4.69) is 21.8 Å². The van der Waals surface area contributed by atoms with Gasteiger partial charge in [-0.2, -0.15) is 4.98 Å². The molecule has 0 aliphatic rings. The number of nitrogens with two attached hydrogens (primary N) is 2. The van der Waals surface area contributed by atoms with Crippen molar-refractivity contribution in [3.05, 3.63) is 80.8 Å². The van der Waals surface area contributed by atoms with Crippen molar-refractivity contribution in [2.45, 2.75) is 19.9 Å². The Kier molecular flexibility index (Phi) is 6.97. The molecule has 0 saturated carbocycles. The number of ether oxygens (including phenoxy) is 2. The van der Waals surface area contributed by atoms with Crippen LogP contribution in [0, 0.1) is 11.8 Å². The van der Waals surface area contributed by atoms with Gasteiger partial charge in [-0.15, -0.1) is 0 Å². The zero-order valence-corrected chi connectivity index (χ0v) is 20.5. The molecule has 4 aromatic rings. The maximum atomic E-state index is 12.8. The van der Waals surface area contributed by atoms with Crippen molar-refractivity contribution in [3.63, 3.8) is 0 Å². The Hall–Kier alpha value is -5.04. The smallest absolute Gasteiger partial charge is 0.341 e. The maximum absolute atomic E-state index is 12.8. The van der Waals surface area contributed by atoms with Crippen LogP contribution in [0.2, 0.25) is 0 Å². The molecular weight excluding hydrogens is 474 g/mol. The first kappa shape index (κ1) is 25.1. The summed E-state index contributed by atoms with van der Waals surface area (Å²) in [6.07, 6.45) is 3.34. The van der Waals surface area contributed by atoms with Crippen molar-refractivity contribution in [1.29, 1.82) is 0 Å². The summed E-state index contributed by atoms with van der Waals surface area (Å²) in [6.45, 7) is 2.38. The fraction of sp³-hybridized carbons (Fsp3) is 0.185. The molecule has 0 fully saturated rings. The summed E-state index contributed by atoms with van der Waals surface area (Å²) in [6, 6.07) is 8.80. The van der Waals surface area contributed by atoms with Gasteiger partial charge < -0.3 is 30.6 Å². The maximum Gasteiger partial charge on any atom is 0.341 e. The Balaban J connectivity index is 1.80. The molecule has 0 bridgehead atoms. The van der Waals surface area contributed by atoms with Crippen LogP contribution in [-0.4, -0.2) is 39.8 Å². The van der Waals surface area contributed by atoms with Gasteiger partial charge in [0.2, 0.25) is 11.4 Å². The molecule has 4 rings (SSSR count). The number of fused-ring (bicyclic) bond motifs is 1. The number of pyridine rings is 1. The molecular formula is C27H25N5O5. The van der Waals surface area contributed by atoms with Crippen LogP contribution in [0.5, 0.6) is 11.5 Å². The van der Waals surface area contributed by atoms with Crippen molar-refractivity contribution >= 4 is 28.6 Å². The first-order chi connectivity index (χ1) is 17.7. The van der Waals surface area contributed by atoms with Crippen molar-refractivity contribution in [1.82, 2.24) is 14.5 Å². The molecule has 0 unspecified atom stereocenters. The van der Waals surface area contributed by atoms with Gasteiger partial charge in [-0.3, -0.25) is 4.79 Å². The minimum Gasteiger partial charge on any atom is -0.493 e. The second kappa shape index (κ2) is 10.3. The second-order valence-electron chi connectivity index (χ2n) is 8.14. The number of anilines is 2. The van der Waals surface area contributed by atoms with Crippen molar-refractivity contribution in [2.75, 3.05) is 25.7 Å². The normalized spacial score (nSPS) is 10.6. The van der Waals surface area contributed by atoms with Gasteiger partial charge in [0.05, 0.1) is 25.3 Å². The highest BCUT2D eigenvalue weighted by molar-refractivity contribution is 5.93. The monoisotopic (exact) mass is 499 g/mol. The van der Waals surface area contributed by atoms with Crippen LogP contribution >= 0.6 is 0 Å². The minimum absolute atomic E-state index is 0.0941. The average Bonchev–Trinajstić information content (AvgIpc) is 2.88. The van der Waals surface area contributed by atoms with Gasteiger partial charge in [-0.1, -0.05) is 11.8 Å². The summed E-state index contributed by atoms with van der Waals surface area (Å²) in [7, 11) is 3.05. The molecule has 2 aromatic carbocycles. The molecule has 0 atom stereocenters. The number of hydrogen-bond acceptors (Lipinski definition) is 8. The molecule has 2 aromatic heterocycles. The summed E-state index contributed by atoms with van der Waals surface area (Å²) in [5, 5.41) is 9.73. The molecule has 2 heterocycles. The third-order valence-electron chi connectivity index (χ3n) is 5.84. The molecule has 10 nitrogen and oxygen atoms in total. The molecule has 0 aliphatic heterocycles. The van der Waals surface area contributed by atoms with Crippen LogP contribution < -0.4 is 26.4 Å². The van der Waals surface area contributed by atoms with Crippen LogP contribution in [0.1, 0.15) is 39.5 Å². The number of benzene rings is 2. The molecule has 0 amide bonds. The number of aromatic nitrogens is 3. The molecule has 10 heteroatoms. The highest BCUT2D eigenvalue weighted by atomic mass is 16.5. The number of carbonyl (C=O) groups is 1. The molecule has 0 spiro atoms. The van der Waals surface area contributed by atoms with E-state index in [0.29, 0.717) is 46.7 Å². The lowest BCUT2D eigenvalue weighted by molar-refractivity contribution is 0.0695. The average molecular weight is 500 g/mol. The van der Waals surface area contributed by atoms with Crippen LogP contribution in [0.25, 0.3) is 10.9 Å². The van der Waals surface area contributed by atoms with E-state index < -0.39 is 11.4 Å². The Morgan fingerprint density at radius 3 is 2.57 bits per heavy atom. The van der Waals surface area contributed by atoms with Gasteiger partial charge in [-0.25, -0.2) is 9.78 Å². The summed E-state index contributed by atoms with van der Waals surface area (Å²) < 4.78 is 12.8. The Bertz CT molecular complexity index is 1650. The van der Waals surface area contributed by atoms with Gasteiger partial charge in [0.25, 0.3) is 0 Å². The first-order valence-electron chi connectivity index (χ1n) is 11.3. The number of aryl methyl sites for hydroxylation is 1. The number of rotatable bonds is 6. The van der Waals surface area contributed by atoms with Gasteiger partial charge >= 0.3 is 5.97 Å². The van der Waals surface area contributed by atoms with Crippen molar-refractivity contribution < 1.29 is 19.4 Å². The van der Waals surface area contributed by atoms with E-state index in [-0.39, 0.29) is 22.7 Å². The second-order valence-corrected chi connectivity index (χ2v) is 8.14. The number of nitrogens with zero attached hydrogens (tertiary/aromatic N) is 3. The van der Waals surface area contributed by atoms with Gasteiger partial charge in [0, 0.05) is 41.9 Å². The van der Waals surface area contributed by atoms with Crippen LogP contribution in [0.4, 0.5) is 11.8 Å². The quantitative estimate of drug-likeness (QED) is 0.339. The fourth-order valence-corrected chi connectivity index (χ4v) is 4.04. The third-order valence-corrected chi connectivity index (χ3v) is 5.84. The highest BCUT2D eigenvalue weighted by Gasteiger charge is 2.15. The summed E-state index contributed by atoms with van der Waals surface area (Å²) >= 11 is 0. The van der Waals surface area contributed by atoms with E-state index in [0.717, 1.165) is 5.56 Å². The fourth-order valence-electron chi connectivity index (χ4n) is 4.04. The highest BCUT2D eigenvalue weighted by Crippen LogP contribution is 2.33. The van der Waals surface area contributed by atoms with Gasteiger partial charge in [-0.05, 0) is 42.8 Å². The van der Waals surface area contributed by atoms with E-state index in [1.165, 1.54) is 20.4 Å². The van der Waals surface area contributed by atoms with Gasteiger partial charge in [0.15, 0.2) is 11.5 Å². The molecule has 0 saturated heterocycles. The molecule has 188 valence electrons. The van der Waals surface area contributed by atoms with Gasteiger partial charge in [0.1, 0.15) is 11.4 Å². The SMILES string of the molecule is CCn1cc(C(=O)O)c(=O)c2cc(C#Cc3cc(Cc4cnc(N)nc4N)cc(OC)c3OC)ccc21. The predicted octanol–water partition coefficient (Wildman–Crippen LogP) is 2.68. The summed E-state index contributed by atoms with van der Waals surface area (Å²) in [5.41, 5.74) is 14.0. The summed E-state index contributed by atoms with van der Waals surface area (Å²) in [5.74, 6) is 6.18. The molecule has 0 radical (unpaired) electrons. The Morgan fingerprint density at radius 1 is 1.14 bits per heavy atom. The third kappa shape index (κ3) is 5.01. The van der Waals surface area contributed by atoms with E-state index in [4.69, 9.17) is 20.9 Å². The predicted molar refractivity (Wildman–Crippen MR) is 140 cm³/mol. The first-order valence-corrected chi connectivity index (χ1v) is 11.3. The lowest BCUT2D eigenvalue weighted by Gasteiger charge is -2.13. The Morgan fingerprint density at radius 2 is 1.92 bits per heavy atom. The number of nitrogen functional groups attached to an aromatic ring is 2. The number of aromatic carboxylic acids is 1. The minimum atomic E-state index is -1.27. The van der Waals surface area contributed by atoms with E-state index >= 15 is 0 Å².